The van der Waals surface area contributed by atoms with Gasteiger partial charge in [-0.2, -0.15) is 0 Å². The van der Waals surface area contributed by atoms with Crippen LogP contribution in [0.25, 0.3) is 0 Å². The zero-order valence-corrected chi connectivity index (χ0v) is 18.8. The van der Waals surface area contributed by atoms with Crippen LogP contribution in [-0.4, -0.2) is 31.3 Å². The highest BCUT2D eigenvalue weighted by molar-refractivity contribution is 6.06. The van der Waals surface area contributed by atoms with E-state index in [4.69, 9.17) is 0 Å². The van der Waals surface area contributed by atoms with Crippen LogP contribution in [0.2, 0.25) is 0 Å². The number of carbonyl (C=O) groups is 3. The van der Waals surface area contributed by atoms with Crippen molar-refractivity contribution in [2.24, 2.45) is 0 Å². The first-order chi connectivity index (χ1) is 16.0. The minimum Gasteiger partial charge on any atom is -0.376 e. The van der Waals surface area contributed by atoms with Crippen LogP contribution >= 0.6 is 0 Å². The zero-order chi connectivity index (χ0) is 23.6. The number of hydrogen-bond donors (Lipinski definition) is 3. The molecule has 3 aromatic rings. The Kier molecular flexibility index (Phi) is 8.18. The lowest BCUT2D eigenvalue weighted by molar-refractivity contribution is -0.116. The molecule has 0 aliphatic heterocycles. The van der Waals surface area contributed by atoms with Gasteiger partial charge in [-0.3, -0.25) is 14.4 Å². The molecule has 3 N–H and O–H groups in total. The number of hydrogen-bond acceptors (Lipinski definition) is 4. The van der Waals surface area contributed by atoms with Crippen molar-refractivity contribution < 1.29 is 14.4 Å². The molecule has 170 valence electrons. The maximum atomic E-state index is 12.8. The van der Waals surface area contributed by atoms with Crippen LogP contribution in [0.5, 0.6) is 0 Å². The first-order valence-electron chi connectivity index (χ1n) is 10.8. The molecule has 0 aliphatic carbocycles. The Labute approximate surface area is 193 Å². The Bertz CT molecular complexity index is 1120. The van der Waals surface area contributed by atoms with E-state index >= 15 is 0 Å². The van der Waals surface area contributed by atoms with Gasteiger partial charge >= 0.3 is 0 Å². The second-order valence-electron chi connectivity index (χ2n) is 7.56. The molecule has 0 radical (unpaired) electrons. The fraction of sp³-hybridized carbons (Fsp3) is 0.192. The van der Waals surface area contributed by atoms with Crippen molar-refractivity contribution in [2.45, 2.75) is 19.8 Å². The van der Waals surface area contributed by atoms with E-state index in [1.807, 2.05) is 43.3 Å². The first kappa shape index (κ1) is 23.5. The highest BCUT2D eigenvalue weighted by atomic mass is 16.2. The van der Waals surface area contributed by atoms with Crippen LogP contribution < -0.4 is 20.9 Å². The van der Waals surface area contributed by atoms with Crippen LogP contribution in [0.4, 0.5) is 22.7 Å². The van der Waals surface area contributed by atoms with Gasteiger partial charge in [0.25, 0.3) is 5.91 Å². The summed E-state index contributed by atoms with van der Waals surface area (Å²) in [7, 11) is 1.71. The van der Waals surface area contributed by atoms with Crippen molar-refractivity contribution in [3.05, 3.63) is 84.4 Å². The molecule has 0 unspecified atom stereocenters. The Morgan fingerprint density at radius 3 is 2.12 bits per heavy atom. The molecule has 3 amide bonds. The molecule has 0 fully saturated rings. The summed E-state index contributed by atoms with van der Waals surface area (Å²) in [4.78, 5) is 38.6. The third-order valence-electron chi connectivity index (χ3n) is 4.92. The Balaban J connectivity index is 1.57. The van der Waals surface area contributed by atoms with Gasteiger partial charge in [0.1, 0.15) is 0 Å². The highest BCUT2D eigenvalue weighted by Crippen LogP contribution is 2.18. The predicted octanol–water partition coefficient (Wildman–Crippen LogP) is 4.75. The number of nitrogens with zero attached hydrogens (tertiary/aromatic N) is 1. The minimum absolute atomic E-state index is 0.0362. The van der Waals surface area contributed by atoms with Gasteiger partial charge < -0.3 is 20.9 Å². The molecule has 0 aromatic heterocycles. The van der Waals surface area contributed by atoms with Crippen LogP contribution in [0.3, 0.4) is 0 Å². The molecule has 0 atom stereocenters. The van der Waals surface area contributed by atoms with E-state index in [9.17, 15) is 14.4 Å². The van der Waals surface area contributed by atoms with Crippen molar-refractivity contribution in [1.29, 1.82) is 0 Å². The molecule has 33 heavy (non-hydrogen) atoms. The minimum atomic E-state index is -0.253. The number of benzene rings is 3. The monoisotopic (exact) mass is 444 g/mol. The average Bonchev–Trinajstić information content (AvgIpc) is 2.83. The molecule has 0 spiro atoms. The summed E-state index contributed by atoms with van der Waals surface area (Å²) in [6.45, 7) is 1.98. The summed E-state index contributed by atoms with van der Waals surface area (Å²) in [6.07, 6.45) is 1.24. The maximum Gasteiger partial charge on any atom is 0.258 e. The predicted molar refractivity (Wildman–Crippen MR) is 133 cm³/mol. The molecular formula is C26H28N4O3. The summed E-state index contributed by atoms with van der Waals surface area (Å²) in [5, 5.41) is 8.69. The molecule has 0 bridgehead atoms. The van der Waals surface area contributed by atoms with Crippen molar-refractivity contribution in [1.82, 2.24) is 0 Å². The molecule has 0 aliphatic rings. The number of carbonyl (C=O) groups excluding carboxylic acids is 3. The lowest BCUT2D eigenvalue weighted by Gasteiger charge is -2.18. The van der Waals surface area contributed by atoms with Gasteiger partial charge in [0.2, 0.25) is 11.8 Å². The van der Waals surface area contributed by atoms with E-state index in [0.717, 1.165) is 12.1 Å². The summed E-state index contributed by atoms with van der Waals surface area (Å²) >= 11 is 0. The molecule has 7 nitrogen and oxygen atoms in total. The molecule has 0 saturated heterocycles. The average molecular weight is 445 g/mol. The van der Waals surface area contributed by atoms with Gasteiger partial charge in [0.05, 0.1) is 6.54 Å². The number of amides is 3. The molecule has 0 heterocycles. The van der Waals surface area contributed by atoms with Gasteiger partial charge in [0.15, 0.2) is 0 Å². The number of nitrogens with one attached hydrogen (secondary N) is 3. The van der Waals surface area contributed by atoms with E-state index in [1.54, 1.807) is 54.4 Å². The third kappa shape index (κ3) is 6.93. The largest absolute Gasteiger partial charge is 0.376 e. The van der Waals surface area contributed by atoms with E-state index < -0.39 is 0 Å². The lowest BCUT2D eigenvalue weighted by atomic mass is 10.1. The Morgan fingerprint density at radius 1 is 0.758 bits per heavy atom. The van der Waals surface area contributed by atoms with Gasteiger partial charge in [-0.05, 0) is 55.0 Å². The van der Waals surface area contributed by atoms with E-state index in [0.29, 0.717) is 29.0 Å². The van der Waals surface area contributed by atoms with Crippen LogP contribution in [-0.2, 0) is 9.59 Å². The van der Waals surface area contributed by atoms with Gasteiger partial charge in [-0.25, -0.2) is 0 Å². The summed E-state index contributed by atoms with van der Waals surface area (Å²) in [5.41, 5.74) is 3.19. The number of para-hydroxylation sites is 1. The van der Waals surface area contributed by atoms with Crippen molar-refractivity contribution >= 4 is 40.5 Å². The highest BCUT2D eigenvalue weighted by Gasteiger charge is 2.14. The van der Waals surface area contributed by atoms with Crippen LogP contribution in [0.1, 0.15) is 30.1 Å². The molecule has 3 aromatic carbocycles. The Hall–Kier alpha value is -4.13. The smallest absolute Gasteiger partial charge is 0.258 e. The van der Waals surface area contributed by atoms with E-state index in [2.05, 4.69) is 16.0 Å². The van der Waals surface area contributed by atoms with E-state index in [1.165, 1.54) is 0 Å². The molecule has 0 saturated carbocycles. The standard InChI is InChI=1S/C26H28N4O3/c1-3-9-24(31)28-22-13-8-11-20(17-22)27-18-25(32)29-21-12-7-10-19(16-21)26(33)30(2)23-14-5-4-6-15-23/h4-8,10-17,27H,3,9,18H2,1-2H3,(H,28,31)(H,29,32). The zero-order valence-electron chi connectivity index (χ0n) is 18.8. The van der Waals surface area contributed by atoms with Crippen molar-refractivity contribution in [2.75, 3.05) is 34.4 Å². The summed E-state index contributed by atoms with van der Waals surface area (Å²) in [6, 6.07) is 23.4. The quantitative estimate of drug-likeness (QED) is 0.444. The second-order valence-corrected chi connectivity index (χ2v) is 7.56. The molecule has 3 rings (SSSR count). The van der Waals surface area contributed by atoms with Crippen LogP contribution in [0, 0.1) is 0 Å². The topological polar surface area (TPSA) is 90.5 Å². The fourth-order valence-electron chi connectivity index (χ4n) is 3.24. The molecular weight excluding hydrogens is 416 g/mol. The SMILES string of the molecule is CCCC(=O)Nc1cccc(NCC(=O)Nc2cccc(C(=O)N(C)c3ccccc3)c2)c1. The first-order valence-corrected chi connectivity index (χ1v) is 10.8. The fourth-order valence-corrected chi connectivity index (χ4v) is 3.24. The van der Waals surface area contributed by atoms with Gasteiger partial charge in [-0.15, -0.1) is 0 Å². The normalized spacial score (nSPS) is 10.2. The van der Waals surface area contributed by atoms with Gasteiger partial charge in [0, 0.05) is 41.8 Å². The summed E-state index contributed by atoms with van der Waals surface area (Å²) < 4.78 is 0. The summed E-state index contributed by atoms with van der Waals surface area (Å²) in [5.74, 6) is -0.464. The molecule has 7 heteroatoms. The van der Waals surface area contributed by atoms with E-state index in [-0.39, 0.29) is 24.3 Å². The Morgan fingerprint density at radius 2 is 1.39 bits per heavy atom. The van der Waals surface area contributed by atoms with Crippen molar-refractivity contribution in [3.63, 3.8) is 0 Å². The van der Waals surface area contributed by atoms with Crippen molar-refractivity contribution in [3.8, 4) is 0 Å². The lowest BCUT2D eigenvalue weighted by Crippen LogP contribution is -2.26. The number of anilines is 4. The third-order valence-corrected chi connectivity index (χ3v) is 4.92. The number of rotatable bonds is 9. The maximum absolute atomic E-state index is 12.8. The van der Waals surface area contributed by atoms with Crippen LogP contribution in [0.15, 0.2) is 78.9 Å². The van der Waals surface area contributed by atoms with Gasteiger partial charge in [-0.1, -0.05) is 37.3 Å². The second kappa shape index (κ2) is 11.5.